The van der Waals surface area contributed by atoms with Crippen molar-refractivity contribution in [2.24, 2.45) is 11.3 Å². The summed E-state index contributed by atoms with van der Waals surface area (Å²) >= 11 is 0. The first kappa shape index (κ1) is 16.3. The van der Waals surface area contributed by atoms with Crippen LogP contribution >= 0.6 is 0 Å². The molecule has 23 heavy (non-hydrogen) atoms. The van der Waals surface area contributed by atoms with E-state index in [1.807, 2.05) is 24.1 Å². The monoisotopic (exact) mass is 317 g/mol. The first-order chi connectivity index (χ1) is 11.1. The Balaban J connectivity index is 1.56. The Morgan fingerprint density at radius 1 is 1.35 bits per heavy atom. The number of ether oxygens (including phenoxy) is 2. The lowest BCUT2D eigenvalue weighted by Crippen LogP contribution is -2.39. The lowest BCUT2D eigenvalue weighted by atomic mass is 9.93. The van der Waals surface area contributed by atoms with Gasteiger partial charge in [-0.1, -0.05) is 12.1 Å². The number of likely N-dealkylation sites (N-methyl/N-ethyl adjacent to an activating group) is 1. The number of benzene rings is 1. The van der Waals surface area contributed by atoms with Crippen molar-refractivity contribution < 1.29 is 14.3 Å². The SMILES string of the molecule is COc1ccc(C[C@H](C)N(C)C(=O)[C@H]2CC23CCOCC3)cc1. The van der Waals surface area contributed by atoms with Gasteiger partial charge in [-0.15, -0.1) is 0 Å². The van der Waals surface area contributed by atoms with E-state index < -0.39 is 0 Å². The summed E-state index contributed by atoms with van der Waals surface area (Å²) in [7, 11) is 3.62. The van der Waals surface area contributed by atoms with Crippen molar-refractivity contribution in [3.8, 4) is 5.75 Å². The molecule has 1 saturated heterocycles. The maximum absolute atomic E-state index is 12.8. The normalized spacial score (nSPS) is 23.3. The third-order valence-electron chi connectivity index (χ3n) is 5.68. The summed E-state index contributed by atoms with van der Waals surface area (Å²) in [6.07, 6.45) is 4.01. The Morgan fingerprint density at radius 3 is 2.61 bits per heavy atom. The second kappa shape index (κ2) is 6.52. The molecule has 3 rings (SSSR count). The van der Waals surface area contributed by atoms with Crippen LogP contribution in [0.15, 0.2) is 24.3 Å². The molecule has 0 N–H and O–H groups in total. The molecular weight excluding hydrogens is 290 g/mol. The van der Waals surface area contributed by atoms with E-state index in [1.54, 1.807) is 7.11 Å². The van der Waals surface area contributed by atoms with E-state index in [1.165, 1.54) is 5.56 Å². The van der Waals surface area contributed by atoms with Gasteiger partial charge >= 0.3 is 0 Å². The van der Waals surface area contributed by atoms with Crippen LogP contribution in [0.2, 0.25) is 0 Å². The largest absolute Gasteiger partial charge is 0.497 e. The van der Waals surface area contributed by atoms with Crippen LogP contribution in [0, 0.1) is 11.3 Å². The fourth-order valence-electron chi connectivity index (χ4n) is 3.73. The van der Waals surface area contributed by atoms with Gasteiger partial charge in [0.15, 0.2) is 0 Å². The van der Waals surface area contributed by atoms with Gasteiger partial charge in [-0.2, -0.15) is 0 Å². The number of carbonyl (C=O) groups is 1. The predicted octanol–water partition coefficient (Wildman–Crippen LogP) is 2.90. The Morgan fingerprint density at radius 2 is 2.00 bits per heavy atom. The third-order valence-corrected chi connectivity index (χ3v) is 5.68. The van der Waals surface area contributed by atoms with Crippen LogP contribution in [0.3, 0.4) is 0 Å². The van der Waals surface area contributed by atoms with E-state index in [9.17, 15) is 4.79 Å². The summed E-state index contributed by atoms with van der Waals surface area (Å²) < 4.78 is 10.6. The summed E-state index contributed by atoms with van der Waals surface area (Å²) in [4.78, 5) is 14.7. The molecule has 4 heteroatoms. The molecule has 2 aliphatic rings. The van der Waals surface area contributed by atoms with Crippen LogP contribution in [-0.2, 0) is 16.0 Å². The molecule has 1 aliphatic heterocycles. The number of carbonyl (C=O) groups excluding carboxylic acids is 1. The minimum absolute atomic E-state index is 0.202. The molecule has 1 amide bonds. The molecule has 126 valence electrons. The van der Waals surface area contributed by atoms with Gasteiger partial charge in [-0.05, 0) is 55.7 Å². The molecule has 0 aromatic heterocycles. The third kappa shape index (κ3) is 3.37. The molecule has 2 fully saturated rings. The smallest absolute Gasteiger partial charge is 0.226 e. The standard InChI is InChI=1S/C19H27NO3/c1-14(12-15-4-6-16(22-3)7-5-15)20(2)18(21)17-13-19(17)8-10-23-11-9-19/h4-7,14,17H,8-13H2,1-3H3/t14-,17+/m0/s1. The average Bonchev–Trinajstić information content (AvgIpc) is 3.27. The number of nitrogens with zero attached hydrogens (tertiary/aromatic N) is 1. The van der Waals surface area contributed by atoms with Crippen LogP contribution in [-0.4, -0.2) is 44.2 Å². The van der Waals surface area contributed by atoms with Gasteiger partial charge in [-0.3, -0.25) is 4.79 Å². The Bertz CT molecular complexity index is 548. The highest BCUT2D eigenvalue weighted by Crippen LogP contribution is 2.59. The second-order valence-corrected chi connectivity index (χ2v) is 7.08. The van der Waals surface area contributed by atoms with Crippen molar-refractivity contribution in [1.82, 2.24) is 4.90 Å². The van der Waals surface area contributed by atoms with Gasteiger partial charge in [0.05, 0.1) is 7.11 Å². The fraction of sp³-hybridized carbons (Fsp3) is 0.632. The second-order valence-electron chi connectivity index (χ2n) is 7.08. The van der Waals surface area contributed by atoms with E-state index in [4.69, 9.17) is 9.47 Å². The summed E-state index contributed by atoms with van der Waals surface area (Å²) in [6, 6.07) is 8.30. The van der Waals surface area contributed by atoms with E-state index in [0.717, 1.165) is 44.6 Å². The van der Waals surface area contributed by atoms with E-state index in [-0.39, 0.29) is 17.4 Å². The van der Waals surface area contributed by atoms with Gasteiger partial charge in [0.2, 0.25) is 5.91 Å². The van der Waals surface area contributed by atoms with E-state index in [2.05, 4.69) is 19.1 Å². The predicted molar refractivity (Wildman–Crippen MR) is 89.5 cm³/mol. The molecule has 1 saturated carbocycles. The van der Waals surface area contributed by atoms with Gasteiger partial charge in [0, 0.05) is 32.2 Å². The molecule has 1 spiro atoms. The zero-order chi connectivity index (χ0) is 16.4. The first-order valence-corrected chi connectivity index (χ1v) is 8.53. The molecule has 0 radical (unpaired) electrons. The lowest BCUT2D eigenvalue weighted by Gasteiger charge is -2.28. The van der Waals surface area contributed by atoms with Crippen LogP contribution in [0.4, 0.5) is 0 Å². The van der Waals surface area contributed by atoms with Crippen LogP contribution in [0.1, 0.15) is 31.7 Å². The van der Waals surface area contributed by atoms with E-state index in [0.29, 0.717) is 5.91 Å². The molecule has 4 nitrogen and oxygen atoms in total. The van der Waals surface area contributed by atoms with Gasteiger partial charge in [0.1, 0.15) is 5.75 Å². The Hall–Kier alpha value is -1.55. The van der Waals surface area contributed by atoms with Crippen LogP contribution < -0.4 is 4.74 Å². The first-order valence-electron chi connectivity index (χ1n) is 8.53. The highest BCUT2D eigenvalue weighted by atomic mass is 16.5. The van der Waals surface area contributed by atoms with E-state index >= 15 is 0 Å². The summed E-state index contributed by atoms with van der Waals surface area (Å²) in [5.74, 6) is 1.40. The van der Waals surface area contributed by atoms with Crippen molar-refractivity contribution >= 4 is 5.91 Å². The van der Waals surface area contributed by atoms with Crippen LogP contribution in [0.5, 0.6) is 5.75 Å². The quantitative estimate of drug-likeness (QED) is 0.838. The molecular formula is C19H27NO3. The minimum Gasteiger partial charge on any atom is -0.497 e. The van der Waals surface area contributed by atoms with Gasteiger partial charge in [0.25, 0.3) is 0 Å². The summed E-state index contributed by atoms with van der Waals surface area (Å²) in [6.45, 7) is 3.75. The lowest BCUT2D eigenvalue weighted by molar-refractivity contribution is -0.134. The van der Waals surface area contributed by atoms with Gasteiger partial charge < -0.3 is 14.4 Å². The highest BCUT2D eigenvalue weighted by molar-refractivity contribution is 5.82. The molecule has 1 aliphatic carbocycles. The zero-order valence-corrected chi connectivity index (χ0v) is 14.4. The number of hydrogen-bond donors (Lipinski definition) is 0. The van der Waals surface area contributed by atoms with Crippen LogP contribution in [0.25, 0.3) is 0 Å². The molecule has 1 aromatic rings. The number of rotatable bonds is 5. The van der Waals surface area contributed by atoms with Crippen molar-refractivity contribution in [2.75, 3.05) is 27.4 Å². The van der Waals surface area contributed by atoms with Gasteiger partial charge in [-0.25, -0.2) is 0 Å². The molecule has 2 atom stereocenters. The number of hydrogen-bond acceptors (Lipinski definition) is 3. The summed E-state index contributed by atoms with van der Waals surface area (Å²) in [5.41, 5.74) is 1.48. The topological polar surface area (TPSA) is 38.8 Å². The van der Waals surface area contributed by atoms with Crippen molar-refractivity contribution in [2.45, 2.75) is 38.6 Å². The highest BCUT2D eigenvalue weighted by Gasteiger charge is 2.58. The summed E-state index contributed by atoms with van der Waals surface area (Å²) in [5, 5.41) is 0. The molecule has 0 unspecified atom stereocenters. The number of amides is 1. The van der Waals surface area contributed by atoms with Crippen molar-refractivity contribution in [3.05, 3.63) is 29.8 Å². The van der Waals surface area contributed by atoms with Crippen molar-refractivity contribution in [1.29, 1.82) is 0 Å². The van der Waals surface area contributed by atoms with Crippen molar-refractivity contribution in [3.63, 3.8) is 0 Å². The minimum atomic E-state index is 0.202. The molecule has 0 bridgehead atoms. The number of methoxy groups -OCH3 is 1. The average molecular weight is 317 g/mol. The maximum atomic E-state index is 12.8. The zero-order valence-electron chi connectivity index (χ0n) is 14.4. The Labute approximate surface area is 138 Å². The molecule has 1 aromatic carbocycles. The molecule has 1 heterocycles. The Kier molecular flexibility index (Phi) is 4.62. The maximum Gasteiger partial charge on any atom is 0.226 e. The fourth-order valence-corrected chi connectivity index (χ4v) is 3.73.